The number of carboxylic acid groups (broad SMARTS) is 1. The SMILES string of the molecule is CC[C@@H](NC(=O)CCc1ccccc1OC)C(=O)O. The first-order valence-corrected chi connectivity index (χ1v) is 6.22. The molecule has 0 saturated heterocycles. The van der Waals surface area contributed by atoms with E-state index in [1.54, 1.807) is 14.0 Å². The summed E-state index contributed by atoms with van der Waals surface area (Å²) in [5, 5.41) is 11.3. The highest BCUT2D eigenvalue weighted by Crippen LogP contribution is 2.18. The number of carbonyl (C=O) groups excluding carboxylic acids is 1. The third-order valence-electron chi connectivity index (χ3n) is 2.86. The van der Waals surface area contributed by atoms with Gasteiger partial charge in [0.25, 0.3) is 0 Å². The van der Waals surface area contributed by atoms with Gasteiger partial charge in [-0.3, -0.25) is 4.79 Å². The van der Waals surface area contributed by atoms with Gasteiger partial charge in [-0.15, -0.1) is 0 Å². The Morgan fingerprint density at radius 2 is 2.05 bits per heavy atom. The van der Waals surface area contributed by atoms with Gasteiger partial charge >= 0.3 is 5.97 Å². The smallest absolute Gasteiger partial charge is 0.326 e. The molecule has 0 aliphatic heterocycles. The molecule has 0 aliphatic carbocycles. The number of ether oxygens (including phenoxy) is 1. The summed E-state index contributed by atoms with van der Waals surface area (Å²) >= 11 is 0. The Morgan fingerprint density at radius 1 is 1.37 bits per heavy atom. The second-order valence-corrected chi connectivity index (χ2v) is 4.18. The minimum atomic E-state index is -1.01. The van der Waals surface area contributed by atoms with E-state index >= 15 is 0 Å². The lowest BCUT2D eigenvalue weighted by Crippen LogP contribution is -2.40. The molecule has 1 amide bonds. The van der Waals surface area contributed by atoms with Gasteiger partial charge in [0.2, 0.25) is 5.91 Å². The van der Waals surface area contributed by atoms with Crippen molar-refractivity contribution in [1.82, 2.24) is 5.32 Å². The molecule has 2 N–H and O–H groups in total. The molecule has 0 aliphatic rings. The van der Waals surface area contributed by atoms with Crippen molar-refractivity contribution >= 4 is 11.9 Å². The zero-order valence-corrected chi connectivity index (χ0v) is 11.2. The maximum Gasteiger partial charge on any atom is 0.326 e. The van der Waals surface area contributed by atoms with E-state index in [9.17, 15) is 9.59 Å². The molecule has 0 bridgehead atoms. The van der Waals surface area contributed by atoms with Crippen LogP contribution < -0.4 is 10.1 Å². The van der Waals surface area contributed by atoms with Gasteiger partial charge in [-0.05, 0) is 24.5 Å². The molecule has 0 aromatic heterocycles. The van der Waals surface area contributed by atoms with Crippen LogP contribution in [-0.4, -0.2) is 30.1 Å². The molecule has 5 heteroatoms. The molecular formula is C14H19NO4. The maximum atomic E-state index is 11.7. The topological polar surface area (TPSA) is 75.6 Å². The summed E-state index contributed by atoms with van der Waals surface area (Å²) in [5.74, 6) is -0.533. The van der Waals surface area contributed by atoms with Crippen molar-refractivity contribution < 1.29 is 19.4 Å². The third kappa shape index (κ3) is 4.62. The van der Waals surface area contributed by atoms with Crippen molar-refractivity contribution in [2.75, 3.05) is 7.11 Å². The number of carboxylic acids is 1. The Balaban J connectivity index is 2.52. The van der Waals surface area contributed by atoms with Crippen molar-refractivity contribution in [3.05, 3.63) is 29.8 Å². The van der Waals surface area contributed by atoms with Crippen LogP contribution in [0.25, 0.3) is 0 Å². The largest absolute Gasteiger partial charge is 0.496 e. The Kier molecular flexibility index (Phi) is 5.85. The van der Waals surface area contributed by atoms with E-state index in [-0.39, 0.29) is 12.3 Å². The lowest BCUT2D eigenvalue weighted by molar-refractivity contribution is -0.141. The van der Waals surface area contributed by atoms with Crippen LogP contribution in [0.5, 0.6) is 5.75 Å². The Bertz CT molecular complexity index is 445. The number of hydrogen-bond acceptors (Lipinski definition) is 3. The van der Waals surface area contributed by atoms with Crippen molar-refractivity contribution in [1.29, 1.82) is 0 Å². The van der Waals surface area contributed by atoms with Crippen LogP contribution in [0.15, 0.2) is 24.3 Å². The number of hydrogen-bond donors (Lipinski definition) is 2. The van der Waals surface area contributed by atoms with Gasteiger partial charge in [0.15, 0.2) is 0 Å². The second kappa shape index (κ2) is 7.41. The summed E-state index contributed by atoms with van der Waals surface area (Å²) in [7, 11) is 1.58. The summed E-state index contributed by atoms with van der Waals surface area (Å²) in [6, 6.07) is 6.65. The number of amides is 1. The van der Waals surface area contributed by atoms with Crippen LogP contribution in [0.1, 0.15) is 25.3 Å². The predicted octanol–water partition coefficient (Wildman–Crippen LogP) is 1.61. The summed E-state index contributed by atoms with van der Waals surface area (Å²) in [6.45, 7) is 1.72. The molecule has 0 fully saturated rings. The number of aryl methyl sites for hydroxylation is 1. The zero-order valence-electron chi connectivity index (χ0n) is 11.2. The number of nitrogens with one attached hydrogen (secondary N) is 1. The molecule has 1 rings (SSSR count). The number of benzene rings is 1. The van der Waals surface area contributed by atoms with Crippen molar-refractivity contribution in [2.24, 2.45) is 0 Å². The summed E-state index contributed by atoms with van der Waals surface area (Å²) in [6.07, 6.45) is 1.13. The Hall–Kier alpha value is -2.04. The minimum Gasteiger partial charge on any atom is -0.496 e. The molecule has 1 aromatic rings. The van der Waals surface area contributed by atoms with E-state index in [0.717, 1.165) is 11.3 Å². The first-order valence-electron chi connectivity index (χ1n) is 6.22. The highest BCUT2D eigenvalue weighted by molar-refractivity contribution is 5.83. The lowest BCUT2D eigenvalue weighted by Gasteiger charge is -2.12. The normalized spacial score (nSPS) is 11.7. The van der Waals surface area contributed by atoms with Gasteiger partial charge in [0, 0.05) is 6.42 Å². The van der Waals surface area contributed by atoms with Gasteiger partial charge in [0.05, 0.1) is 7.11 Å². The number of rotatable bonds is 7. The van der Waals surface area contributed by atoms with Crippen LogP contribution in [-0.2, 0) is 16.0 Å². The van der Waals surface area contributed by atoms with Gasteiger partial charge in [-0.1, -0.05) is 25.1 Å². The third-order valence-corrected chi connectivity index (χ3v) is 2.86. The van der Waals surface area contributed by atoms with Crippen LogP contribution >= 0.6 is 0 Å². The van der Waals surface area contributed by atoms with Gasteiger partial charge < -0.3 is 15.2 Å². The van der Waals surface area contributed by atoms with E-state index in [1.165, 1.54) is 0 Å². The number of carbonyl (C=O) groups is 2. The van der Waals surface area contributed by atoms with E-state index in [1.807, 2.05) is 24.3 Å². The Morgan fingerprint density at radius 3 is 2.63 bits per heavy atom. The first kappa shape index (κ1) is 15.0. The average molecular weight is 265 g/mol. The molecule has 0 radical (unpaired) electrons. The molecule has 0 unspecified atom stereocenters. The molecule has 1 atom stereocenters. The standard InChI is InChI=1S/C14H19NO4/c1-3-11(14(17)18)15-13(16)9-8-10-6-4-5-7-12(10)19-2/h4-7,11H,3,8-9H2,1-2H3,(H,15,16)(H,17,18)/t11-/m1/s1. The molecule has 1 aromatic carbocycles. The van der Waals surface area contributed by atoms with Crippen LogP contribution in [0.2, 0.25) is 0 Å². The molecule has 0 saturated carbocycles. The number of methoxy groups -OCH3 is 1. The van der Waals surface area contributed by atoms with Crippen molar-refractivity contribution in [3.63, 3.8) is 0 Å². The zero-order chi connectivity index (χ0) is 14.3. The molecule has 104 valence electrons. The molecule has 0 heterocycles. The van der Waals surface area contributed by atoms with Crippen LogP contribution in [0.3, 0.4) is 0 Å². The number of para-hydroxylation sites is 1. The first-order chi connectivity index (χ1) is 9.08. The van der Waals surface area contributed by atoms with Gasteiger partial charge in [0.1, 0.15) is 11.8 Å². The lowest BCUT2D eigenvalue weighted by atomic mass is 10.1. The average Bonchev–Trinajstić information content (AvgIpc) is 2.42. The fourth-order valence-corrected chi connectivity index (χ4v) is 1.76. The fraction of sp³-hybridized carbons (Fsp3) is 0.429. The highest BCUT2D eigenvalue weighted by Gasteiger charge is 2.17. The quantitative estimate of drug-likeness (QED) is 0.785. The van der Waals surface area contributed by atoms with Crippen molar-refractivity contribution in [3.8, 4) is 5.75 Å². The molecular weight excluding hydrogens is 246 g/mol. The Labute approximate surface area is 112 Å². The number of aliphatic carboxylic acids is 1. The second-order valence-electron chi connectivity index (χ2n) is 4.18. The predicted molar refractivity (Wildman–Crippen MR) is 71.2 cm³/mol. The van der Waals surface area contributed by atoms with E-state index < -0.39 is 12.0 Å². The highest BCUT2D eigenvalue weighted by atomic mass is 16.5. The summed E-state index contributed by atoms with van der Waals surface area (Å²) in [4.78, 5) is 22.5. The fourth-order valence-electron chi connectivity index (χ4n) is 1.76. The maximum absolute atomic E-state index is 11.7. The minimum absolute atomic E-state index is 0.240. The summed E-state index contributed by atoms with van der Waals surface area (Å²) in [5.41, 5.74) is 0.934. The molecule has 0 spiro atoms. The van der Waals surface area contributed by atoms with E-state index in [4.69, 9.17) is 9.84 Å². The van der Waals surface area contributed by atoms with Crippen LogP contribution in [0, 0.1) is 0 Å². The van der Waals surface area contributed by atoms with E-state index in [0.29, 0.717) is 12.8 Å². The van der Waals surface area contributed by atoms with Crippen molar-refractivity contribution in [2.45, 2.75) is 32.2 Å². The monoisotopic (exact) mass is 265 g/mol. The van der Waals surface area contributed by atoms with Gasteiger partial charge in [-0.2, -0.15) is 0 Å². The molecule has 5 nitrogen and oxygen atoms in total. The summed E-state index contributed by atoms with van der Waals surface area (Å²) < 4.78 is 5.19. The van der Waals surface area contributed by atoms with E-state index in [2.05, 4.69) is 5.32 Å². The molecule has 19 heavy (non-hydrogen) atoms. The van der Waals surface area contributed by atoms with Gasteiger partial charge in [-0.25, -0.2) is 4.79 Å². The van der Waals surface area contributed by atoms with Crippen LogP contribution in [0.4, 0.5) is 0 Å².